The maximum absolute atomic E-state index is 15.9. The number of rotatable bonds is 10. The molecule has 1 aliphatic rings. The van der Waals surface area contributed by atoms with Crippen molar-refractivity contribution >= 4 is 22.7 Å². The van der Waals surface area contributed by atoms with Gasteiger partial charge in [-0.15, -0.1) is 20.5 Å². The predicted molar refractivity (Wildman–Crippen MR) is 176 cm³/mol. The Morgan fingerprint density at radius 2 is 0.809 bits per heavy atom. The monoisotopic (exact) mass is 638 g/mol. The Morgan fingerprint density at radius 1 is 0.447 bits per heavy atom. The van der Waals surface area contributed by atoms with Crippen LogP contribution in [0.5, 0.6) is 0 Å². The number of benzene rings is 4. The minimum Gasteiger partial charge on any atom is -0.285 e. The molecule has 0 amide bonds. The molecule has 4 aromatic rings. The highest BCUT2D eigenvalue weighted by Gasteiger charge is 2.47. The van der Waals surface area contributed by atoms with Crippen molar-refractivity contribution < 1.29 is 8.78 Å². The van der Waals surface area contributed by atoms with E-state index in [-0.39, 0.29) is 11.4 Å². The highest BCUT2D eigenvalue weighted by atomic mass is 19.1. The minimum absolute atomic E-state index is 0.0590. The highest BCUT2D eigenvalue weighted by Crippen LogP contribution is 2.58. The molecule has 0 unspecified atom stereocenters. The van der Waals surface area contributed by atoms with Crippen LogP contribution in [0.3, 0.4) is 0 Å². The summed E-state index contributed by atoms with van der Waals surface area (Å²) >= 11 is 0. The summed E-state index contributed by atoms with van der Waals surface area (Å²) in [5.41, 5.74) is 4.34. The first kappa shape index (κ1) is 32.7. The Morgan fingerprint density at radius 3 is 1.15 bits per heavy atom. The number of nitrogens with zero attached hydrogens (tertiary/aromatic N) is 12. The van der Waals surface area contributed by atoms with E-state index in [1.165, 1.54) is 22.2 Å². The van der Waals surface area contributed by atoms with E-state index in [1.807, 2.05) is 36.4 Å². The minimum atomic E-state index is -1.23. The summed E-state index contributed by atoms with van der Waals surface area (Å²) < 4.78 is 31.9. The van der Waals surface area contributed by atoms with Gasteiger partial charge >= 0.3 is 0 Å². The fraction of sp³-hybridized carbons (Fsp3) is 0.273. The van der Waals surface area contributed by atoms with Crippen molar-refractivity contribution in [2.75, 3.05) is 56.4 Å². The molecule has 0 radical (unpaired) electrons. The topological polar surface area (TPSA) is 112 Å². The van der Waals surface area contributed by atoms with Crippen molar-refractivity contribution in [1.82, 2.24) is 20.0 Å². The van der Waals surface area contributed by atoms with Gasteiger partial charge in [-0.05, 0) is 81.9 Å². The molecule has 5 rings (SSSR count). The van der Waals surface area contributed by atoms with E-state index in [0.29, 0.717) is 22.5 Å². The van der Waals surface area contributed by atoms with E-state index < -0.39 is 17.0 Å². The molecule has 47 heavy (non-hydrogen) atoms. The fourth-order valence-electron chi connectivity index (χ4n) is 5.41. The normalized spacial score (nSPS) is 13.6. The molecule has 0 atom stereocenters. The van der Waals surface area contributed by atoms with E-state index in [9.17, 15) is 0 Å². The lowest BCUT2D eigenvalue weighted by molar-refractivity contribution is 0.407. The third-order valence-corrected chi connectivity index (χ3v) is 7.21. The molecular formula is C33H36F2N12. The van der Waals surface area contributed by atoms with Gasteiger partial charge < -0.3 is 0 Å². The van der Waals surface area contributed by atoms with Gasteiger partial charge in [-0.3, -0.25) is 20.0 Å². The highest BCUT2D eigenvalue weighted by molar-refractivity contribution is 5.88. The summed E-state index contributed by atoms with van der Waals surface area (Å²) in [4.78, 5) is 0. The van der Waals surface area contributed by atoms with Crippen LogP contribution >= 0.6 is 0 Å². The molecule has 0 aromatic heterocycles. The van der Waals surface area contributed by atoms with Crippen LogP contribution in [0.15, 0.2) is 114 Å². The van der Waals surface area contributed by atoms with Crippen molar-refractivity contribution in [3.63, 3.8) is 0 Å². The molecule has 12 nitrogen and oxygen atoms in total. The fourth-order valence-corrected chi connectivity index (χ4v) is 5.41. The van der Waals surface area contributed by atoms with E-state index in [2.05, 4.69) is 41.4 Å². The summed E-state index contributed by atoms with van der Waals surface area (Å²) in [6.45, 7) is 0. The van der Waals surface area contributed by atoms with Gasteiger partial charge in [0.1, 0.15) is 11.4 Å². The molecule has 1 aliphatic carbocycles. The second-order valence-electron chi connectivity index (χ2n) is 11.7. The molecule has 14 heteroatoms. The van der Waals surface area contributed by atoms with Gasteiger partial charge in [0.2, 0.25) is 0 Å². The first-order valence-corrected chi connectivity index (χ1v) is 14.7. The summed E-state index contributed by atoms with van der Waals surface area (Å²) in [5.74, 6) is -1.18. The van der Waals surface area contributed by atoms with Crippen LogP contribution in [0.1, 0.15) is 22.3 Å². The summed E-state index contributed by atoms with van der Waals surface area (Å²) in [6.07, 6.45) is 0. The average Bonchev–Trinajstić information content (AvgIpc) is 3.31. The molecular weight excluding hydrogens is 602 g/mol. The van der Waals surface area contributed by atoms with Gasteiger partial charge in [0.25, 0.3) is 0 Å². The Hall–Kier alpha value is -5.66. The van der Waals surface area contributed by atoms with Crippen molar-refractivity contribution in [1.29, 1.82) is 0 Å². The Labute approximate surface area is 272 Å². The summed E-state index contributed by atoms with van der Waals surface area (Å²) in [7, 11) is 13.9. The van der Waals surface area contributed by atoms with E-state index in [1.54, 1.807) is 90.7 Å². The second kappa shape index (κ2) is 13.4. The zero-order valence-corrected chi connectivity index (χ0v) is 27.6. The van der Waals surface area contributed by atoms with Crippen molar-refractivity contribution in [3.8, 4) is 11.1 Å². The van der Waals surface area contributed by atoms with Crippen LogP contribution in [0.25, 0.3) is 11.1 Å². The quantitative estimate of drug-likeness (QED) is 0.113. The van der Waals surface area contributed by atoms with Gasteiger partial charge in [-0.2, -0.15) is 0 Å². The van der Waals surface area contributed by atoms with Gasteiger partial charge in [0.15, 0.2) is 11.6 Å². The van der Waals surface area contributed by atoms with Crippen molar-refractivity contribution in [2.24, 2.45) is 41.4 Å². The van der Waals surface area contributed by atoms with Crippen molar-refractivity contribution in [2.45, 2.75) is 5.41 Å². The molecule has 0 saturated heterocycles. The van der Waals surface area contributed by atoms with Gasteiger partial charge in [-0.1, -0.05) is 45.2 Å². The molecule has 242 valence electrons. The van der Waals surface area contributed by atoms with E-state index in [0.717, 1.165) is 22.3 Å². The number of halogens is 2. The largest absolute Gasteiger partial charge is 0.285 e. The maximum Gasteiger partial charge on any atom is 0.151 e. The van der Waals surface area contributed by atoms with Crippen LogP contribution in [0.2, 0.25) is 0 Å². The lowest BCUT2D eigenvalue weighted by Crippen LogP contribution is -2.29. The Bertz CT molecular complexity index is 1760. The zero-order valence-electron chi connectivity index (χ0n) is 27.6. The van der Waals surface area contributed by atoms with E-state index >= 15 is 8.78 Å². The number of fused-ring (bicyclic) bond motifs is 3. The molecule has 0 saturated carbocycles. The summed E-state index contributed by atoms with van der Waals surface area (Å²) in [5, 5.41) is 39.4. The molecule has 0 heterocycles. The molecule has 0 spiro atoms. The van der Waals surface area contributed by atoms with Gasteiger partial charge in [0, 0.05) is 56.4 Å². The third-order valence-electron chi connectivity index (χ3n) is 7.21. The lowest BCUT2D eigenvalue weighted by Gasteiger charge is -2.34. The Balaban J connectivity index is 1.88. The van der Waals surface area contributed by atoms with Crippen LogP contribution in [-0.4, -0.2) is 76.4 Å². The molecule has 4 aromatic carbocycles. The van der Waals surface area contributed by atoms with Crippen LogP contribution in [0, 0.1) is 11.6 Å². The van der Waals surface area contributed by atoms with Gasteiger partial charge in [0.05, 0.1) is 16.8 Å². The van der Waals surface area contributed by atoms with Crippen molar-refractivity contribution in [3.05, 3.63) is 107 Å². The van der Waals surface area contributed by atoms with Gasteiger partial charge in [-0.25, -0.2) is 8.78 Å². The Kier molecular flexibility index (Phi) is 9.31. The van der Waals surface area contributed by atoms with Crippen LogP contribution in [0.4, 0.5) is 31.5 Å². The number of hydrogen-bond donors (Lipinski definition) is 0. The molecule has 0 N–H and O–H groups in total. The average molecular weight is 639 g/mol. The number of hydrogen-bond acceptors (Lipinski definition) is 8. The van der Waals surface area contributed by atoms with Crippen LogP contribution < -0.4 is 0 Å². The zero-order chi connectivity index (χ0) is 33.9. The first-order valence-electron chi connectivity index (χ1n) is 14.7. The van der Waals surface area contributed by atoms with E-state index in [4.69, 9.17) is 0 Å². The second-order valence-corrected chi connectivity index (χ2v) is 11.7. The maximum atomic E-state index is 15.9. The molecule has 0 fully saturated rings. The standard InChI is InChI=1S/C33H36F2N12/c1-44(2)40-36-23-11-13-25-26-14-12-24(37-41-45(3)4)20-28(26)33(27(25)19-23,21-9-15-31(29(34)17-21)38-42-46(5)6)22-10-16-32(30(35)18-22)39-43-47(7)8/h9-20H,1-8H3/b40-36+,41-37+,42-38+,43-39+. The molecule has 0 aliphatic heterocycles. The smallest absolute Gasteiger partial charge is 0.151 e. The predicted octanol–water partition coefficient (Wildman–Crippen LogP) is 8.57. The molecule has 0 bridgehead atoms. The summed E-state index contributed by atoms with van der Waals surface area (Å²) in [6, 6.07) is 21.0. The SMILES string of the molecule is CN(C)/N=N/c1ccc2c(c1)C(c1ccc(/N=N/N(C)C)c(F)c1)(c1ccc(/N=N/N(C)C)c(F)c1)c1cc(/N=N/N(C)C)ccc1-2. The van der Waals surface area contributed by atoms with Crippen LogP contribution in [-0.2, 0) is 5.41 Å². The first-order chi connectivity index (χ1) is 22.4. The lowest BCUT2D eigenvalue weighted by atomic mass is 9.67. The third kappa shape index (κ3) is 6.66.